The van der Waals surface area contributed by atoms with Gasteiger partial charge >= 0.3 is 0 Å². The standard InChI is InChI=1S/C20H22ClN3O2/c1-13-17(21)8-5-9-18(13)24-20(26)15-10-14(11-22-12-15)19(25)23-16-6-3-2-4-7-16/h5,8-12,16H,2-4,6-7H2,1H3,(H,23,25)(H,24,26). The molecule has 5 nitrogen and oxygen atoms in total. The molecule has 0 atom stereocenters. The third-order valence-electron chi connectivity index (χ3n) is 4.72. The van der Waals surface area contributed by atoms with Crippen molar-refractivity contribution in [2.75, 3.05) is 5.32 Å². The van der Waals surface area contributed by atoms with Crippen molar-refractivity contribution in [1.29, 1.82) is 0 Å². The van der Waals surface area contributed by atoms with E-state index in [2.05, 4.69) is 15.6 Å². The topological polar surface area (TPSA) is 71.1 Å². The van der Waals surface area contributed by atoms with Crippen molar-refractivity contribution >= 4 is 29.1 Å². The molecule has 0 aliphatic heterocycles. The van der Waals surface area contributed by atoms with Gasteiger partial charge in [-0.15, -0.1) is 0 Å². The molecular formula is C20H22ClN3O2. The van der Waals surface area contributed by atoms with Crippen LogP contribution in [0.3, 0.4) is 0 Å². The van der Waals surface area contributed by atoms with Gasteiger partial charge in [-0.2, -0.15) is 0 Å². The van der Waals surface area contributed by atoms with Gasteiger partial charge in [-0.1, -0.05) is 36.9 Å². The molecular weight excluding hydrogens is 350 g/mol. The Morgan fingerprint density at radius 2 is 1.77 bits per heavy atom. The molecule has 2 amide bonds. The SMILES string of the molecule is Cc1c(Cl)cccc1NC(=O)c1cncc(C(=O)NC2CCCCC2)c1. The summed E-state index contributed by atoms with van der Waals surface area (Å²) in [6, 6.07) is 7.11. The van der Waals surface area contributed by atoms with Crippen molar-refractivity contribution in [3.8, 4) is 0 Å². The lowest BCUT2D eigenvalue weighted by atomic mass is 9.95. The van der Waals surface area contributed by atoms with Crippen LogP contribution in [-0.2, 0) is 0 Å². The normalized spacial score (nSPS) is 14.7. The highest BCUT2D eigenvalue weighted by Crippen LogP contribution is 2.23. The van der Waals surface area contributed by atoms with Crippen LogP contribution in [0.25, 0.3) is 0 Å². The van der Waals surface area contributed by atoms with E-state index < -0.39 is 0 Å². The summed E-state index contributed by atoms with van der Waals surface area (Å²) in [5.74, 6) is -0.506. The first-order valence-corrected chi connectivity index (χ1v) is 9.25. The number of anilines is 1. The smallest absolute Gasteiger partial charge is 0.257 e. The Morgan fingerprint density at radius 1 is 1.08 bits per heavy atom. The number of hydrogen-bond acceptors (Lipinski definition) is 3. The minimum atomic E-state index is -0.324. The van der Waals surface area contributed by atoms with Crippen LogP contribution in [-0.4, -0.2) is 22.8 Å². The zero-order chi connectivity index (χ0) is 18.5. The molecule has 1 aromatic heterocycles. The first-order chi connectivity index (χ1) is 12.5. The molecule has 26 heavy (non-hydrogen) atoms. The minimum Gasteiger partial charge on any atom is -0.349 e. The first kappa shape index (κ1) is 18.4. The number of pyridine rings is 1. The second-order valence-electron chi connectivity index (χ2n) is 6.64. The quantitative estimate of drug-likeness (QED) is 0.838. The Labute approximate surface area is 158 Å². The fourth-order valence-electron chi connectivity index (χ4n) is 3.14. The molecule has 0 unspecified atom stereocenters. The highest BCUT2D eigenvalue weighted by atomic mass is 35.5. The van der Waals surface area contributed by atoms with Gasteiger partial charge in [0, 0.05) is 29.1 Å². The first-order valence-electron chi connectivity index (χ1n) is 8.87. The van der Waals surface area contributed by atoms with E-state index in [-0.39, 0.29) is 17.9 Å². The molecule has 1 heterocycles. The Kier molecular flexibility index (Phi) is 5.89. The average molecular weight is 372 g/mol. The number of benzene rings is 1. The van der Waals surface area contributed by atoms with E-state index >= 15 is 0 Å². The lowest BCUT2D eigenvalue weighted by molar-refractivity contribution is 0.0927. The summed E-state index contributed by atoms with van der Waals surface area (Å²) < 4.78 is 0. The maximum absolute atomic E-state index is 12.5. The lowest BCUT2D eigenvalue weighted by Crippen LogP contribution is -2.36. The number of aromatic nitrogens is 1. The number of nitrogens with zero attached hydrogens (tertiary/aromatic N) is 1. The van der Waals surface area contributed by atoms with E-state index in [0.717, 1.165) is 31.2 Å². The third kappa shape index (κ3) is 4.41. The fourth-order valence-corrected chi connectivity index (χ4v) is 3.32. The molecule has 1 aliphatic carbocycles. The molecule has 0 saturated heterocycles. The van der Waals surface area contributed by atoms with Crippen LogP contribution in [0.2, 0.25) is 5.02 Å². The van der Waals surface area contributed by atoms with E-state index in [1.807, 2.05) is 6.92 Å². The van der Waals surface area contributed by atoms with Crippen molar-refractivity contribution in [2.24, 2.45) is 0 Å². The predicted molar refractivity (Wildman–Crippen MR) is 103 cm³/mol. The molecule has 3 rings (SSSR count). The molecule has 2 aromatic rings. The second-order valence-corrected chi connectivity index (χ2v) is 7.04. The van der Waals surface area contributed by atoms with Gasteiger partial charge in [-0.05, 0) is 43.5 Å². The van der Waals surface area contributed by atoms with Crippen molar-refractivity contribution < 1.29 is 9.59 Å². The number of rotatable bonds is 4. The molecule has 1 aromatic carbocycles. The zero-order valence-corrected chi connectivity index (χ0v) is 15.5. The summed E-state index contributed by atoms with van der Waals surface area (Å²) in [5, 5.41) is 6.44. The van der Waals surface area contributed by atoms with Gasteiger partial charge in [-0.25, -0.2) is 0 Å². The van der Waals surface area contributed by atoms with E-state index in [0.29, 0.717) is 21.8 Å². The molecule has 0 bridgehead atoms. The van der Waals surface area contributed by atoms with Gasteiger partial charge in [0.25, 0.3) is 11.8 Å². The Morgan fingerprint density at radius 3 is 2.50 bits per heavy atom. The summed E-state index contributed by atoms with van der Waals surface area (Å²) >= 11 is 6.09. The highest BCUT2D eigenvalue weighted by molar-refractivity contribution is 6.31. The maximum atomic E-state index is 12.5. The number of carbonyl (C=O) groups excluding carboxylic acids is 2. The minimum absolute atomic E-state index is 0.182. The van der Waals surface area contributed by atoms with E-state index in [4.69, 9.17) is 11.6 Å². The zero-order valence-electron chi connectivity index (χ0n) is 14.7. The van der Waals surface area contributed by atoms with Crippen LogP contribution in [0.5, 0.6) is 0 Å². The molecule has 1 fully saturated rings. The molecule has 136 valence electrons. The second kappa shape index (κ2) is 8.32. The highest BCUT2D eigenvalue weighted by Gasteiger charge is 2.18. The van der Waals surface area contributed by atoms with Crippen molar-refractivity contribution in [1.82, 2.24) is 10.3 Å². The number of carbonyl (C=O) groups is 2. The van der Waals surface area contributed by atoms with Crippen LogP contribution >= 0.6 is 11.6 Å². The van der Waals surface area contributed by atoms with E-state index in [9.17, 15) is 9.59 Å². The number of nitrogens with one attached hydrogen (secondary N) is 2. The van der Waals surface area contributed by atoms with Crippen molar-refractivity contribution in [2.45, 2.75) is 45.1 Å². The Bertz CT molecular complexity index is 816. The van der Waals surface area contributed by atoms with E-state index in [1.165, 1.54) is 18.8 Å². The molecule has 0 radical (unpaired) electrons. The molecule has 2 N–H and O–H groups in total. The molecule has 0 spiro atoms. The predicted octanol–water partition coefficient (Wildman–Crippen LogP) is 4.36. The van der Waals surface area contributed by atoms with Crippen molar-refractivity contribution in [3.63, 3.8) is 0 Å². The van der Waals surface area contributed by atoms with Crippen LogP contribution < -0.4 is 10.6 Å². The average Bonchev–Trinajstić information content (AvgIpc) is 2.66. The van der Waals surface area contributed by atoms with Gasteiger partial charge < -0.3 is 10.6 Å². The summed E-state index contributed by atoms with van der Waals surface area (Å²) in [6.45, 7) is 1.84. The number of hydrogen-bond donors (Lipinski definition) is 2. The van der Waals surface area contributed by atoms with Gasteiger partial charge in [0.2, 0.25) is 0 Å². The summed E-state index contributed by atoms with van der Waals surface area (Å²) in [6.07, 6.45) is 8.47. The van der Waals surface area contributed by atoms with Gasteiger partial charge in [0.15, 0.2) is 0 Å². The Hall–Kier alpha value is -2.40. The van der Waals surface area contributed by atoms with Gasteiger partial charge in [0.1, 0.15) is 0 Å². The Balaban J connectivity index is 1.70. The summed E-state index contributed by atoms with van der Waals surface area (Å²) in [7, 11) is 0. The van der Waals surface area contributed by atoms with Gasteiger partial charge in [0.05, 0.1) is 11.1 Å². The van der Waals surface area contributed by atoms with Gasteiger partial charge in [-0.3, -0.25) is 14.6 Å². The summed E-state index contributed by atoms with van der Waals surface area (Å²) in [5.41, 5.74) is 2.16. The van der Waals surface area contributed by atoms with Crippen LogP contribution in [0.4, 0.5) is 5.69 Å². The largest absolute Gasteiger partial charge is 0.349 e. The number of halogens is 1. The summed E-state index contributed by atoms with van der Waals surface area (Å²) in [4.78, 5) is 29.0. The third-order valence-corrected chi connectivity index (χ3v) is 5.13. The molecule has 1 aliphatic rings. The van der Waals surface area contributed by atoms with Crippen molar-refractivity contribution in [3.05, 3.63) is 58.4 Å². The van der Waals surface area contributed by atoms with Crippen LogP contribution in [0.1, 0.15) is 58.4 Å². The lowest BCUT2D eigenvalue weighted by Gasteiger charge is -2.22. The molecule has 1 saturated carbocycles. The molecule has 6 heteroatoms. The van der Waals surface area contributed by atoms with Crippen LogP contribution in [0, 0.1) is 6.92 Å². The van der Waals surface area contributed by atoms with E-state index in [1.54, 1.807) is 24.3 Å². The number of amides is 2. The maximum Gasteiger partial charge on any atom is 0.257 e. The van der Waals surface area contributed by atoms with Crippen LogP contribution in [0.15, 0.2) is 36.7 Å². The monoisotopic (exact) mass is 371 g/mol. The fraction of sp³-hybridized carbons (Fsp3) is 0.350.